The lowest BCUT2D eigenvalue weighted by atomic mass is 10.1. The van der Waals surface area contributed by atoms with Crippen molar-refractivity contribution in [2.45, 2.75) is 51.6 Å². The zero-order chi connectivity index (χ0) is 28.7. The predicted molar refractivity (Wildman–Crippen MR) is 154 cm³/mol. The van der Waals surface area contributed by atoms with E-state index >= 15 is 0 Å². The molecule has 0 unspecified atom stereocenters. The highest BCUT2D eigenvalue weighted by Gasteiger charge is 2.24. The second-order valence-corrected chi connectivity index (χ2v) is 10.8. The molecule has 0 aromatic carbocycles. The zero-order valence-electron chi connectivity index (χ0n) is 23.5. The number of hydrogen-bond acceptors (Lipinski definition) is 9. The van der Waals surface area contributed by atoms with E-state index in [4.69, 9.17) is 14.7 Å². The number of nitrogens with one attached hydrogen (secondary N) is 2. The molecule has 2 aliphatic rings. The first-order valence-electron chi connectivity index (χ1n) is 14.3. The van der Waals surface area contributed by atoms with E-state index in [0.717, 1.165) is 64.7 Å². The van der Waals surface area contributed by atoms with Gasteiger partial charge in [0.15, 0.2) is 22.3 Å². The summed E-state index contributed by atoms with van der Waals surface area (Å²) >= 11 is 0. The molecule has 41 heavy (non-hydrogen) atoms. The van der Waals surface area contributed by atoms with Crippen molar-refractivity contribution in [3.8, 4) is 0 Å². The summed E-state index contributed by atoms with van der Waals surface area (Å²) in [5.41, 5.74) is -0.565. The van der Waals surface area contributed by atoms with E-state index in [2.05, 4.69) is 19.8 Å². The number of hydrogen-bond donors (Lipinski definition) is 2. The molecule has 2 fully saturated rings. The van der Waals surface area contributed by atoms with Gasteiger partial charge in [0.05, 0.1) is 13.2 Å². The summed E-state index contributed by atoms with van der Waals surface area (Å²) < 4.78 is 12.5. The molecule has 0 amide bonds. The van der Waals surface area contributed by atoms with Crippen LogP contribution in [-0.2, 0) is 31.9 Å². The molecule has 6 heterocycles. The molecule has 0 atom stereocenters. The van der Waals surface area contributed by atoms with E-state index in [0.29, 0.717) is 47.3 Å². The van der Waals surface area contributed by atoms with Crippen LogP contribution in [0.15, 0.2) is 19.2 Å². The van der Waals surface area contributed by atoms with Gasteiger partial charge in [-0.15, -0.1) is 0 Å². The molecular weight excluding hydrogens is 532 g/mol. The number of aryl methyl sites for hydroxylation is 2. The normalized spacial score (nSPS) is 16.3. The average Bonchev–Trinajstić information content (AvgIpc) is 3.56. The smallest absolute Gasteiger partial charge is 0.329 e. The molecule has 0 saturated carbocycles. The van der Waals surface area contributed by atoms with Gasteiger partial charge in [-0.05, 0) is 38.5 Å². The van der Waals surface area contributed by atoms with Crippen LogP contribution < -0.4 is 32.3 Å². The minimum atomic E-state index is -0.502. The maximum Gasteiger partial charge on any atom is 0.329 e. The van der Waals surface area contributed by atoms with Crippen molar-refractivity contribution in [3.63, 3.8) is 0 Å². The molecule has 0 spiro atoms. The molecular formula is C26H36N10O5. The van der Waals surface area contributed by atoms with Gasteiger partial charge in [-0.1, -0.05) is 0 Å². The standard InChI is InChI=1S/C26H36N10O5/c1-31-19-17(21(37)29-25(31)39)35(23(27-19)33-9-5-3-6-10-33)13-15-41-16-14-36-18-20(32(2)26(40)30-22(18)38)28-24(36)34-11-7-4-8-12-34/h3-16H2,1-2H3,(H,29,37,39)(H,30,38,40). The second kappa shape index (κ2) is 11.0. The Kier molecular flexibility index (Phi) is 7.28. The van der Waals surface area contributed by atoms with Crippen LogP contribution in [0, 0.1) is 0 Å². The summed E-state index contributed by atoms with van der Waals surface area (Å²) in [5.74, 6) is 1.32. The fourth-order valence-electron chi connectivity index (χ4n) is 5.95. The number of aromatic nitrogens is 8. The molecule has 15 nitrogen and oxygen atoms in total. The average molecular weight is 569 g/mol. The van der Waals surface area contributed by atoms with E-state index in [1.165, 1.54) is 9.13 Å². The molecule has 2 saturated heterocycles. The number of nitrogens with zero attached hydrogens (tertiary/aromatic N) is 8. The largest absolute Gasteiger partial charge is 0.378 e. The van der Waals surface area contributed by atoms with Gasteiger partial charge in [-0.2, -0.15) is 9.97 Å². The molecule has 2 aliphatic heterocycles. The van der Waals surface area contributed by atoms with Crippen LogP contribution in [0.3, 0.4) is 0 Å². The van der Waals surface area contributed by atoms with Crippen LogP contribution >= 0.6 is 0 Å². The van der Waals surface area contributed by atoms with Crippen molar-refractivity contribution < 1.29 is 4.74 Å². The van der Waals surface area contributed by atoms with Crippen LogP contribution in [0.1, 0.15) is 38.5 Å². The fourth-order valence-corrected chi connectivity index (χ4v) is 5.95. The van der Waals surface area contributed by atoms with Crippen LogP contribution in [0.2, 0.25) is 0 Å². The summed E-state index contributed by atoms with van der Waals surface area (Å²) in [6, 6.07) is 0. The Bertz CT molecular complexity index is 1680. The molecule has 0 radical (unpaired) electrons. The monoisotopic (exact) mass is 568 g/mol. The fraction of sp³-hybridized carbons (Fsp3) is 0.615. The van der Waals surface area contributed by atoms with Crippen LogP contribution in [-0.4, -0.2) is 77.6 Å². The Morgan fingerprint density at radius 1 is 0.634 bits per heavy atom. The lowest BCUT2D eigenvalue weighted by Crippen LogP contribution is -2.33. The summed E-state index contributed by atoms with van der Waals surface area (Å²) in [6.07, 6.45) is 6.46. The van der Waals surface area contributed by atoms with Crippen molar-refractivity contribution >= 4 is 34.2 Å². The van der Waals surface area contributed by atoms with Gasteiger partial charge in [-0.25, -0.2) is 9.59 Å². The minimum Gasteiger partial charge on any atom is -0.378 e. The number of aromatic amines is 2. The Balaban J connectivity index is 1.25. The highest BCUT2D eigenvalue weighted by molar-refractivity contribution is 5.75. The maximum atomic E-state index is 12.8. The molecule has 6 rings (SSSR count). The van der Waals surface area contributed by atoms with Crippen LogP contribution in [0.4, 0.5) is 11.9 Å². The van der Waals surface area contributed by atoms with Gasteiger partial charge < -0.3 is 23.7 Å². The first-order chi connectivity index (χ1) is 19.8. The van der Waals surface area contributed by atoms with Crippen molar-refractivity contribution in [2.75, 3.05) is 49.2 Å². The van der Waals surface area contributed by atoms with E-state index in [-0.39, 0.29) is 13.2 Å². The minimum absolute atomic E-state index is 0.287. The molecule has 220 valence electrons. The first kappa shape index (κ1) is 27.1. The van der Waals surface area contributed by atoms with E-state index in [1.54, 1.807) is 14.1 Å². The SMILES string of the molecule is Cn1c(=O)[nH]c(=O)c2c1nc(N1CCCCC1)n2CCOCCn1c(N2CCCCC2)nc2c1c(=O)[nH]c(=O)n2C. The lowest BCUT2D eigenvalue weighted by Gasteiger charge is -2.28. The quantitative estimate of drug-likeness (QED) is 0.276. The third kappa shape index (κ3) is 4.87. The van der Waals surface area contributed by atoms with E-state index < -0.39 is 22.5 Å². The highest BCUT2D eigenvalue weighted by Crippen LogP contribution is 2.24. The molecule has 15 heteroatoms. The Morgan fingerprint density at radius 3 is 1.41 bits per heavy atom. The number of imidazole rings is 2. The van der Waals surface area contributed by atoms with Gasteiger partial charge in [0.2, 0.25) is 11.9 Å². The van der Waals surface area contributed by atoms with Gasteiger partial charge in [0.25, 0.3) is 11.1 Å². The maximum absolute atomic E-state index is 12.8. The van der Waals surface area contributed by atoms with Crippen molar-refractivity contribution in [2.24, 2.45) is 14.1 Å². The topological polar surface area (TPSA) is 161 Å². The second-order valence-electron chi connectivity index (χ2n) is 10.8. The van der Waals surface area contributed by atoms with Crippen molar-refractivity contribution in [1.82, 2.24) is 38.2 Å². The molecule has 2 N–H and O–H groups in total. The van der Waals surface area contributed by atoms with Gasteiger partial charge in [-0.3, -0.25) is 28.7 Å². The molecule has 4 aromatic rings. The van der Waals surface area contributed by atoms with Crippen LogP contribution in [0.5, 0.6) is 0 Å². The highest BCUT2D eigenvalue weighted by atomic mass is 16.5. The number of anilines is 2. The Morgan fingerprint density at radius 2 is 1.02 bits per heavy atom. The zero-order valence-corrected chi connectivity index (χ0v) is 23.5. The van der Waals surface area contributed by atoms with Gasteiger partial charge >= 0.3 is 11.4 Å². The lowest BCUT2D eigenvalue weighted by molar-refractivity contribution is 0.120. The third-order valence-electron chi connectivity index (χ3n) is 8.17. The Labute approximate surface area is 234 Å². The van der Waals surface area contributed by atoms with Gasteiger partial charge in [0.1, 0.15) is 0 Å². The van der Waals surface area contributed by atoms with E-state index in [9.17, 15) is 19.2 Å². The number of H-pyrrole nitrogens is 2. The number of piperidine rings is 2. The molecule has 0 aliphatic carbocycles. The number of rotatable bonds is 8. The van der Waals surface area contributed by atoms with E-state index in [1.807, 2.05) is 9.13 Å². The van der Waals surface area contributed by atoms with Gasteiger partial charge in [0, 0.05) is 53.4 Å². The first-order valence-corrected chi connectivity index (χ1v) is 14.3. The van der Waals surface area contributed by atoms with Crippen molar-refractivity contribution in [3.05, 3.63) is 41.7 Å². The van der Waals surface area contributed by atoms with Crippen LogP contribution in [0.25, 0.3) is 22.3 Å². The third-order valence-corrected chi connectivity index (χ3v) is 8.17. The van der Waals surface area contributed by atoms with Crippen molar-refractivity contribution in [1.29, 1.82) is 0 Å². The number of fused-ring (bicyclic) bond motifs is 2. The summed E-state index contributed by atoms with van der Waals surface area (Å²) in [6.45, 7) is 4.63. The summed E-state index contributed by atoms with van der Waals surface area (Å²) in [7, 11) is 3.20. The Hall–Kier alpha value is -4.14. The molecule has 4 aromatic heterocycles. The summed E-state index contributed by atoms with van der Waals surface area (Å²) in [4.78, 5) is 68.7. The number of ether oxygens (including phenoxy) is 1. The predicted octanol–water partition coefficient (Wildman–Crippen LogP) is -0.143. The molecule has 0 bridgehead atoms. The summed E-state index contributed by atoms with van der Waals surface area (Å²) in [5, 5.41) is 0.